The number of carbonyl (C=O) groups is 1. The highest BCUT2D eigenvalue weighted by molar-refractivity contribution is 8.93. The SMILES string of the molecule is Br.Cc1ccccc1-n1cc(-c2ccc(Cl)cc2)nc1SCC(=O)c1ccccc1. The molecule has 30 heavy (non-hydrogen) atoms. The van der Waals surface area contributed by atoms with E-state index in [2.05, 4.69) is 23.6 Å². The molecule has 4 aromatic rings. The number of Topliss-reactive ketones (excluding diaryl/α,β-unsaturated/α-hetero) is 1. The monoisotopic (exact) mass is 498 g/mol. The minimum absolute atomic E-state index is 0. The zero-order valence-electron chi connectivity index (χ0n) is 16.3. The molecule has 3 aromatic carbocycles. The molecule has 6 heteroatoms. The van der Waals surface area contributed by atoms with Gasteiger partial charge in [0.15, 0.2) is 10.9 Å². The normalized spacial score (nSPS) is 10.5. The molecule has 1 heterocycles. The van der Waals surface area contributed by atoms with Gasteiger partial charge in [-0.25, -0.2) is 4.98 Å². The molecule has 0 bridgehead atoms. The second-order valence-corrected chi connectivity index (χ2v) is 8.03. The van der Waals surface area contributed by atoms with E-state index in [1.165, 1.54) is 11.8 Å². The summed E-state index contributed by atoms with van der Waals surface area (Å²) in [6.07, 6.45) is 2.01. The van der Waals surface area contributed by atoms with Gasteiger partial charge in [0, 0.05) is 22.3 Å². The van der Waals surface area contributed by atoms with Crippen molar-refractivity contribution in [3.05, 3.63) is 101 Å². The fourth-order valence-corrected chi connectivity index (χ4v) is 4.07. The van der Waals surface area contributed by atoms with Crippen LogP contribution in [0.25, 0.3) is 16.9 Å². The van der Waals surface area contributed by atoms with Gasteiger partial charge in [-0.2, -0.15) is 0 Å². The summed E-state index contributed by atoms with van der Waals surface area (Å²) in [4.78, 5) is 17.4. The number of hydrogen-bond donors (Lipinski definition) is 0. The first-order valence-corrected chi connectivity index (χ1v) is 10.6. The maximum Gasteiger partial charge on any atom is 0.173 e. The third-order valence-electron chi connectivity index (χ3n) is 4.62. The van der Waals surface area contributed by atoms with Crippen molar-refractivity contribution in [2.24, 2.45) is 0 Å². The van der Waals surface area contributed by atoms with Crippen LogP contribution in [0.2, 0.25) is 5.02 Å². The Labute approximate surface area is 195 Å². The first kappa shape index (κ1) is 22.3. The lowest BCUT2D eigenvalue weighted by Gasteiger charge is -2.10. The van der Waals surface area contributed by atoms with E-state index in [-0.39, 0.29) is 22.8 Å². The van der Waals surface area contributed by atoms with Gasteiger partial charge in [0.05, 0.1) is 17.1 Å². The zero-order chi connectivity index (χ0) is 20.2. The van der Waals surface area contributed by atoms with Crippen LogP contribution in [-0.4, -0.2) is 21.1 Å². The molecule has 0 unspecified atom stereocenters. The number of hydrogen-bond acceptors (Lipinski definition) is 3. The number of ketones is 1. The highest BCUT2D eigenvalue weighted by Gasteiger charge is 2.15. The summed E-state index contributed by atoms with van der Waals surface area (Å²) in [7, 11) is 0. The van der Waals surface area contributed by atoms with E-state index in [0.29, 0.717) is 16.3 Å². The lowest BCUT2D eigenvalue weighted by atomic mass is 10.2. The smallest absolute Gasteiger partial charge is 0.173 e. The molecule has 0 aliphatic rings. The minimum Gasteiger partial charge on any atom is -0.294 e. The second-order valence-electron chi connectivity index (χ2n) is 6.65. The van der Waals surface area contributed by atoms with Gasteiger partial charge in [0.25, 0.3) is 0 Å². The molecule has 0 radical (unpaired) electrons. The van der Waals surface area contributed by atoms with Crippen molar-refractivity contribution in [2.45, 2.75) is 12.1 Å². The number of thioether (sulfide) groups is 1. The third kappa shape index (κ3) is 5.04. The minimum atomic E-state index is 0. The van der Waals surface area contributed by atoms with E-state index in [1.54, 1.807) is 0 Å². The average molecular weight is 500 g/mol. The quantitative estimate of drug-likeness (QED) is 0.210. The number of para-hydroxylation sites is 1. The van der Waals surface area contributed by atoms with Gasteiger partial charge >= 0.3 is 0 Å². The Morgan fingerprint density at radius 1 is 0.967 bits per heavy atom. The van der Waals surface area contributed by atoms with Gasteiger partial charge in [-0.15, -0.1) is 17.0 Å². The molecular formula is C24H20BrClN2OS. The van der Waals surface area contributed by atoms with Gasteiger partial charge in [-0.05, 0) is 30.7 Å². The van der Waals surface area contributed by atoms with Crippen LogP contribution >= 0.6 is 40.3 Å². The first-order valence-electron chi connectivity index (χ1n) is 9.24. The predicted molar refractivity (Wildman–Crippen MR) is 131 cm³/mol. The van der Waals surface area contributed by atoms with Crippen molar-refractivity contribution in [3.63, 3.8) is 0 Å². The first-order chi connectivity index (χ1) is 14.1. The van der Waals surface area contributed by atoms with Crippen LogP contribution in [0.4, 0.5) is 0 Å². The number of carbonyl (C=O) groups excluding carboxylic acids is 1. The molecule has 0 N–H and O–H groups in total. The Bertz CT molecular complexity index is 1140. The second kappa shape index (κ2) is 10.1. The molecule has 1 aromatic heterocycles. The Hall–Kier alpha value is -2.34. The largest absolute Gasteiger partial charge is 0.294 e. The van der Waals surface area contributed by atoms with Gasteiger partial charge < -0.3 is 0 Å². The Morgan fingerprint density at radius 3 is 2.33 bits per heavy atom. The van der Waals surface area contributed by atoms with E-state index < -0.39 is 0 Å². The van der Waals surface area contributed by atoms with Crippen LogP contribution in [-0.2, 0) is 0 Å². The number of aromatic nitrogens is 2. The topological polar surface area (TPSA) is 34.9 Å². The highest BCUT2D eigenvalue weighted by atomic mass is 79.9. The van der Waals surface area contributed by atoms with Gasteiger partial charge in [0.1, 0.15) is 0 Å². The zero-order valence-corrected chi connectivity index (χ0v) is 19.6. The molecule has 152 valence electrons. The van der Waals surface area contributed by atoms with Gasteiger partial charge in [-0.3, -0.25) is 9.36 Å². The van der Waals surface area contributed by atoms with Crippen LogP contribution in [0.3, 0.4) is 0 Å². The van der Waals surface area contributed by atoms with Crippen LogP contribution in [0.1, 0.15) is 15.9 Å². The summed E-state index contributed by atoms with van der Waals surface area (Å²) in [5.74, 6) is 0.412. The summed E-state index contributed by atoms with van der Waals surface area (Å²) in [5.41, 5.74) is 4.74. The van der Waals surface area contributed by atoms with Crippen molar-refractivity contribution in [1.82, 2.24) is 9.55 Å². The summed E-state index contributed by atoms with van der Waals surface area (Å²) >= 11 is 7.48. The van der Waals surface area contributed by atoms with Gasteiger partial charge in [-0.1, -0.05) is 84.0 Å². The number of rotatable bonds is 6. The van der Waals surface area contributed by atoms with Crippen LogP contribution in [0.5, 0.6) is 0 Å². The van der Waals surface area contributed by atoms with Crippen molar-refractivity contribution in [1.29, 1.82) is 0 Å². The molecule has 0 amide bonds. The fraction of sp³-hybridized carbons (Fsp3) is 0.0833. The number of aryl methyl sites for hydroxylation is 1. The van der Waals surface area contributed by atoms with E-state index in [0.717, 1.165) is 27.7 Å². The maximum atomic E-state index is 12.6. The predicted octanol–water partition coefficient (Wildman–Crippen LogP) is 7.05. The molecule has 0 saturated heterocycles. The fourth-order valence-electron chi connectivity index (χ4n) is 3.07. The Kier molecular flexibility index (Phi) is 7.53. The number of benzene rings is 3. The van der Waals surface area contributed by atoms with Crippen molar-refractivity contribution in [2.75, 3.05) is 5.75 Å². The Morgan fingerprint density at radius 2 is 1.63 bits per heavy atom. The molecule has 0 saturated carbocycles. The summed E-state index contributed by atoms with van der Waals surface area (Å²) in [6.45, 7) is 2.07. The van der Waals surface area contributed by atoms with Crippen molar-refractivity contribution in [3.8, 4) is 16.9 Å². The number of imidazole rings is 1. The van der Waals surface area contributed by atoms with E-state index in [4.69, 9.17) is 16.6 Å². The van der Waals surface area contributed by atoms with Crippen LogP contribution < -0.4 is 0 Å². The van der Waals surface area contributed by atoms with E-state index in [1.807, 2.05) is 72.9 Å². The number of nitrogens with zero attached hydrogens (tertiary/aromatic N) is 2. The van der Waals surface area contributed by atoms with E-state index in [9.17, 15) is 4.79 Å². The van der Waals surface area contributed by atoms with Crippen molar-refractivity contribution < 1.29 is 4.79 Å². The average Bonchev–Trinajstić information content (AvgIpc) is 3.17. The lowest BCUT2D eigenvalue weighted by molar-refractivity contribution is 0.102. The molecule has 0 fully saturated rings. The van der Waals surface area contributed by atoms with Crippen LogP contribution in [0, 0.1) is 6.92 Å². The Balaban J connectivity index is 0.00000256. The molecule has 4 rings (SSSR count). The van der Waals surface area contributed by atoms with Gasteiger partial charge in [0.2, 0.25) is 0 Å². The molecule has 0 atom stereocenters. The number of halogens is 2. The maximum absolute atomic E-state index is 12.6. The summed E-state index contributed by atoms with van der Waals surface area (Å²) < 4.78 is 2.06. The standard InChI is InChI=1S/C24H19ClN2OS.BrH/c1-17-7-5-6-10-22(17)27-15-21(18-11-13-20(25)14-12-18)26-24(27)29-16-23(28)19-8-3-2-4-9-19;/h2-15H,16H2,1H3;1H. The lowest BCUT2D eigenvalue weighted by Crippen LogP contribution is -2.04. The van der Waals surface area contributed by atoms with E-state index >= 15 is 0 Å². The molecule has 3 nitrogen and oxygen atoms in total. The molecule has 0 aliphatic heterocycles. The highest BCUT2D eigenvalue weighted by Crippen LogP contribution is 2.29. The third-order valence-corrected chi connectivity index (χ3v) is 5.82. The molecule has 0 spiro atoms. The van der Waals surface area contributed by atoms with Crippen molar-refractivity contribution >= 4 is 46.1 Å². The summed E-state index contributed by atoms with van der Waals surface area (Å²) in [6, 6.07) is 25.1. The van der Waals surface area contributed by atoms with Crippen LogP contribution in [0.15, 0.2) is 90.2 Å². The molecular weight excluding hydrogens is 480 g/mol. The summed E-state index contributed by atoms with van der Waals surface area (Å²) in [5, 5.41) is 1.48. The molecule has 0 aliphatic carbocycles.